The fraction of sp³-hybridized carbons (Fsp3) is 0.412. The molecule has 1 atom stereocenters. The summed E-state index contributed by atoms with van der Waals surface area (Å²) in [5.74, 6) is -4.74. The number of methoxy groups -OCH3 is 1. The van der Waals surface area contributed by atoms with Crippen LogP contribution < -0.4 is 0 Å². The molecule has 1 aliphatic rings. The summed E-state index contributed by atoms with van der Waals surface area (Å²) in [6.45, 7) is 0.915. The van der Waals surface area contributed by atoms with Crippen molar-refractivity contribution in [3.8, 4) is 0 Å². The van der Waals surface area contributed by atoms with E-state index in [9.17, 15) is 22.8 Å². The van der Waals surface area contributed by atoms with Gasteiger partial charge in [0.15, 0.2) is 17.5 Å². The quantitative estimate of drug-likeness (QED) is 0.325. The molecule has 1 aromatic carbocycles. The van der Waals surface area contributed by atoms with E-state index >= 15 is 0 Å². The molecular weight excluding hydrogens is 403 g/mol. The van der Waals surface area contributed by atoms with Crippen LogP contribution in [0, 0.1) is 23.4 Å². The van der Waals surface area contributed by atoms with E-state index < -0.39 is 22.3 Å². The number of amides is 1. The number of ether oxygens (including phenoxy) is 1. The summed E-state index contributed by atoms with van der Waals surface area (Å²) in [4.78, 5) is 24.8. The predicted octanol–water partition coefficient (Wildman–Crippen LogP) is 3.29. The summed E-state index contributed by atoms with van der Waals surface area (Å²) in [6, 6.07) is 1.64. The van der Waals surface area contributed by atoms with E-state index in [4.69, 9.17) is 0 Å². The molecule has 1 fully saturated rings. The molecule has 136 valence electrons. The van der Waals surface area contributed by atoms with Gasteiger partial charge in [0.2, 0.25) is 5.91 Å². The number of nitrogens with zero attached hydrogens (tertiary/aromatic N) is 1. The zero-order valence-electron chi connectivity index (χ0n) is 13.5. The molecule has 0 radical (unpaired) electrons. The molecule has 0 aliphatic carbocycles. The molecule has 25 heavy (non-hydrogen) atoms. The number of esters is 1. The maximum Gasteiger partial charge on any atom is 0.319 e. The van der Waals surface area contributed by atoms with Gasteiger partial charge in [-0.05, 0) is 42.5 Å². The van der Waals surface area contributed by atoms with Crippen molar-refractivity contribution in [2.24, 2.45) is 5.92 Å². The number of halogens is 4. The summed E-state index contributed by atoms with van der Waals surface area (Å²) in [6.07, 6.45) is 3.69. The molecule has 0 bridgehead atoms. The van der Waals surface area contributed by atoms with Gasteiger partial charge in [0.05, 0.1) is 7.11 Å². The van der Waals surface area contributed by atoms with Gasteiger partial charge in [-0.25, -0.2) is 13.2 Å². The molecule has 8 heteroatoms. The summed E-state index contributed by atoms with van der Waals surface area (Å²) in [5, 5.41) is 0. The van der Waals surface area contributed by atoms with Crippen LogP contribution in [0.5, 0.6) is 0 Å². The lowest BCUT2D eigenvalue weighted by Gasteiger charge is -2.32. The van der Waals surface area contributed by atoms with Crippen LogP contribution in [-0.4, -0.2) is 41.8 Å². The number of likely N-dealkylation sites (tertiary alicyclic amines) is 1. The van der Waals surface area contributed by atoms with Crippen LogP contribution in [0.4, 0.5) is 13.2 Å². The van der Waals surface area contributed by atoms with Crippen molar-refractivity contribution < 1.29 is 27.5 Å². The highest BCUT2D eigenvalue weighted by Crippen LogP contribution is 2.26. The Morgan fingerprint density at radius 3 is 2.32 bits per heavy atom. The Hall–Kier alpha value is -1.83. The largest absolute Gasteiger partial charge is 0.468 e. The van der Waals surface area contributed by atoms with E-state index in [1.165, 1.54) is 19.3 Å². The average Bonchev–Trinajstić information content (AvgIpc) is 2.62. The molecule has 2 rings (SSSR count). The normalized spacial score (nSPS) is 16.9. The fourth-order valence-electron chi connectivity index (χ4n) is 2.66. The van der Waals surface area contributed by atoms with Gasteiger partial charge >= 0.3 is 5.97 Å². The topological polar surface area (TPSA) is 46.6 Å². The van der Waals surface area contributed by atoms with E-state index in [0.29, 0.717) is 25.9 Å². The first-order valence-corrected chi connectivity index (χ1v) is 8.58. The first-order chi connectivity index (χ1) is 11.8. The van der Waals surface area contributed by atoms with Gasteiger partial charge in [-0.15, -0.1) is 0 Å². The molecule has 1 aromatic rings. The van der Waals surface area contributed by atoms with Gasteiger partial charge in [-0.3, -0.25) is 9.59 Å². The Labute approximate surface area is 151 Å². The maximum absolute atomic E-state index is 13.1. The van der Waals surface area contributed by atoms with Gasteiger partial charge in [0.1, 0.15) is 4.83 Å². The number of benzene rings is 1. The zero-order chi connectivity index (χ0) is 18.6. The van der Waals surface area contributed by atoms with Crippen LogP contribution in [0.25, 0.3) is 6.08 Å². The number of rotatable bonds is 4. The monoisotopic (exact) mass is 419 g/mol. The van der Waals surface area contributed by atoms with Gasteiger partial charge in [-0.2, -0.15) is 0 Å². The summed E-state index contributed by atoms with van der Waals surface area (Å²) < 4.78 is 43.9. The zero-order valence-corrected chi connectivity index (χ0v) is 15.1. The van der Waals surface area contributed by atoms with Gasteiger partial charge in [0.25, 0.3) is 0 Å². The Balaban J connectivity index is 1.94. The maximum atomic E-state index is 13.1. The van der Waals surface area contributed by atoms with Crippen LogP contribution in [0.2, 0.25) is 0 Å². The molecular formula is C17H17BrF3NO3. The van der Waals surface area contributed by atoms with Gasteiger partial charge in [-0.1, -0.05) is 15.9 Å². The van der Waals surface area contributed by atoms with E-state index in [1.807, 2.05) is 0 Å². The minimum absolute atomic E-state index is 0.0610. The van der Waals surface area contributed by atoms with E-state index in [-0.39, 0.29) is 23.4 Å². The van der Waals surface area contributed by atoms with E-state index in [2.05, 4.69) is 20.7 Å². The van der Waals surface area contributed by atoms with Crippen LogP contribution in [0.1, 0.15) is 18.4 Å². The van der Waals surface area contributed by atoms with Crippen molar-refractivity contribution in [3.05, 3.63) is 41.2 Å². The lowest BCUT2D eigenvalue weighted by molar-refractivity contribution is -0.141. The standard InChI is InChI=1S/C17H17BrF3NO3/c1-25-17(24)15(18)11-4-6-22(7-5-11)14(23)3-2-10-8-12(19)16(21)13(20)9-10/h2-3,8-9,11,15H,4-7H2,1H3/b3-2+. The van der Waals surface area contributed by atoms with Crippen molar-refractivity contribution in [2.75, 3.05) is 20.2 Å². The Kier molecular flexibility index (Phi) is 6.64. The molecule has 1 amide bonds. The molecule has 0 spiro atoms. The van der Waals surface area contributed by atoms with Crippen LogP contribution in [0.15, 0.2) is 18.2 Å². The second-order valence-electron chi connectivity index (χ2n) is 5.72. The first kappa shape index (κ1) is 19.5. The molecule has 1 heterocycles. The van der Waals surface area contributed by atoms with E-state index in [1.54, 1.807) is 4.90 Å². The number of carbonyl (C=O) groups excluding carboxylic acids is 2. The predicted molar refractivity (Wildman–Crippen MR) is 89.4 cm³/mol. The number of piperidine rings is 1. The third kappa shape index (κ3) is 4.84. The molecule has 1 unspecified atom stereocenters. The molecule has 1 aliphatic heterocycles. The van der Waals surface area contributed by atoms with Gasteiger partial charge < -0.3 is 9.64 Å². The van der Waals surface area contributed by atoms with Gasteiger partial charge in [0, 0.05) is 19.2 Å². The first-order valence-electron chi connectivity index (χ1n) is 7.67. The second-order valence-corrected chi connectivity index (χ2v) is 6.71. The summed E-state index contributed by atoms with van der Waals surface area (Å²) in [7, 11) is 1.32. The highest BCUT2D eigenvalue weighted by molar-refractivity contribution is 9.10. The SMILES string of the molecule is COC(=O)C(Br)C1CCN(C(=O)/C=C/c2cc(F)c(F)c(F)c2)CC1. The van der Waals surface area contributed by atoms with Crippen molar-refractivity contribution in [2.45, 2.75) is 17.7 Å². The van der Waals surface area contributed by atoms with Crippen LogP contribution in [0.3, 0.4) is 0 Å². The third-order valence-electron chi connectivity index (χ3n) is 4.12. The van der Waals surface area contributed by atoms with Crippen molar-refractivity contribution in [3.63, 3.8) is 0 Å². The van der Waals surface area contributed by atoms with Crippen molar-refractivity contribution >= 4 is 33.9 Å². The Morgan fingerprint density at radius 2 is 1.80 bits per heavy atom. The van der Waals surface area contributed by atoms with Crippen molar-refractivity contribution in [1.82, 2.24) is 4.90 Å². The van der Waals surface area contributed by atoms with Crippen molar-refractivity contribution in [1.29, 1.82) is 0 Å². The number of carbonyl (C=O) groups is 2. The van der Waals surface area contributed by atoms with Crippen LogP contribution in [-0.2, 0) is 14.3 Å². The number of alkyl halides is 1. The number of hydrogen-bond donors (Lipinski definition) is 0. The lowest BCUT2D eigenvalue weighted by atomic mass is 9.93. The number of hydrogen-bond acceptors (Lipinski definition) is 3. The Morgan fingerprint density at radius 1 is 1.24 bits per heavy atom. The lowest BCUT2D eigenvalue weighted by Crippen LogP contribution is -2.41. The third-order valence-corrected chi connectivity index (χ3v) is 5.24. The highest BCUT2D eigenvalue weighted by Gasteiger charge is 2.31. The Bertz CT molecular complexity index is 665. The second kappa shape index (κ2) is 8.51. The molecule has 0 aromatic heterocycles. The summed E-state index contributed by atoms with van der Waals surface area (Å²) in [5.41, 5.74) is 0.0610. The smallest absolute Gasteiger partial charge is 0.319 e. The van der Waals surface area contributed by atoms with E-state index in [0.717, 1.165) is 12.1 Å². The molecule has 4 nitrogen and oxygen atoms in total. The fourth-order valence-corrected chi connectivity index (χ4v) is 3.38. The summed E-state index contributed by atoms with van der Waals surface area (Å²) >= 11 is 3.31. The minimum atomic E-state index is -1.54. The highest BCUT2D eigenvalue weighted by atomic mass is 79.9. The molecule has 0 N–H and O–H groups in total. The minimum Gasteiger partial charge on any atom is -0.468 e. The molecule has 0 saturated carbocycles. The average molecular weight is 420 g/mol. The molecule has 1 saturated heterocycles. The van der Waals surface area contributed by atoms with Crippen LogP contribution >= 0.6 is 15.9 Å².